The van der Waals surface area contributed by atoms with Gasteiger partial charge in [0.15, 0.2) is 11.0 Å². The molecule has 10 nitrogen and oxygen atoms in total. The van der Waals surface area contributed by atoms with Crippen molar-refractivity contribution in [2.45, 2.75) is 59.0 Å². The number of allylic oxidation sites excluding steroid dienone is 1. The van der Waals surface area contributed by atoms with Crippen molar-refractivity contribution in [3.63, 3.8) is 0 Å². The van der Waals surface area contributed by atoms with E-state index in [2.05, 4.69) is 4.72 Å². The third kappa shape index (κ3) is 9.85. The van der Waals surface area contributed by atoms with Gasteiger partial charge in [-0.1, -0.05) is 12.1 Å². The number of hydrogen-bond donors (Lipinski definition) is 1. The first-order valence-corrected chi connectivity index (χ1v) is 14.2. The number of nitrogens with zero attached hydrogens (tertiary/aromatic N) is 2. The summed E-state index contributed by atoms with van der Waals surface area (Å²) >= 11 is 0. The van der Waals surface area contributed by atoms with Crippen LogP contribution in [0.1, 0.15) is 56.1 Å². The van der Waals surface area contributed by atoms with Crippen LogP contribution in [0, 0.1) is 18.3 Å². The van der Waals surface area contributed by atoms with Crippen molar-refractivity contribution < 1.29 is 32.3 Å². The van der Waals surface area contributed by atoms with Gasteiger partial charge in [0.25, 0.3) is 0 Å². The minimum atomic E-state index is -3.85. The van der Waals surface area contributed by atoms with Crippen LogP contribution >= 0.6 is 0 Å². The Bertz CT molecular complexity index is 1370. The molecule has 0 aliphatic heterocycles. The number of sulfonamides is 1. The van der Waals surface area contributed by atoms with Crippen LogP contribution in [0.3, 0.4) is 0 Å². The molecule has 0 spiro atoms. The summed E-state index contributed by atoms with van der Waals surface area (Å²) < 4.78 is 36.9. The molecule has 0 saturated carbocycles. The summed E-state index contributed by atoms with van der Waals surface area (Å²) in [6.07, 6.45) is 2.46. The Kier molecular flexibility index (Phi) is 11.4. The van der Waals surface area contributed by atoms with Crippen molar-refractivity contribution >= 4 is 45.2 Å². The summed E-state index contributed by atoms with van der Waals surface area (Å²) in [6, 6.07) is 12.9. The lowest BCUT2D eigenvalue weighted by Crippen LogP contribution is -2.37. The molecule has 0 aliphatic carbocycles. The van der Waals surface area contributed by atoms with Crippen molar-refractivity contribution in [1.29, 1.82) is 5.26 Å². The maximum atomic E-state index is 12.7. The van der Waals surface area contributed by atoms with Gasteiger partial charge in [0.2, 0.25) is 10.0 Å². The zero-order chi connectivity index (χ0) is 30.0. The second-order valence-electron chi connectivity index (χ2n) is 9.67. The van der Waals surface area contributed by atoms with Crippen LogP contribution in [0.15, 0.2) is 48.5 Å². The molecule has 0 bridgehead atoms. The highest BCUT2D eigenvalue weighted by molar-refractivity contribution is 7.93. The first kappa shape index (κ1) is 32.0. The van der Waals surface area contributed by atoms with Gasteiger partial charge < -0.3 is 14.4 Å². The molecular weight excluding hydrogens is 534 g/mol. The van der Waals surface area contributed by atoms with Crippen LogP contribution in [0.25, 0.3) is 6.08 Å². The lowest BCUT2D eigenvalue weighted by Gasteiger charge is -2.24. The Morgan fingerprint density at radius 2 is 1.50 bits per heavy atom. The smallest absolute Gasteiger partial charge is 0.325 e. The molecule has 1 N–H and O–H groups in total. The first-order chi connectivity index (χ1) is 18.7. The number of anilines is 2. The molecule has 2 aromatic carbocycles. The monoisotopic (exact) mass is 569 g/mol. The Morgan fingerprint density at radius 3 is 1.98 bits per heavy atom. The van der Waals surface area contributed by atoms with Crippen molar-refractivity contribution in [3.05, 3.63) is 65.2 Å². The Morgan fingerprint density at radius 1 is 0.950 bits per heavy atom. The maximum Gasteiger partial charge on any atom is 0.325 e. The summed E-state index contributed by atoms with van der Waals surface area (Å²) in [7, 11) is -3.85. The fourth-order valence-corrected chi connectivity index (χ4v) is 4.26. The third-order valence-electron chi connectivity index (χ3n) is 5.48. The maximum absolute atomic E-state index is 12.7. The molecule has 11 heteroatoms. The summed E-state index contributed by atoms with van der Waals surface area (Å²) in [6.45, 7) is 9.82. The van der Waals surface area contributed by atoms with Crippen LogP contribution < -0.4 is 9.62 Å². The van der Waals surface area contributed by atoms with Gasteiger partial charge >= 0.3 is 11.9 Å². The van der Waals surface area contributed by atoms with Gasteiger partial charge in [-0.15, -0.1) is 0 Å². The summed E-state index contributed by atoms with van der Waals surface area (Å²) in [4.78, 5) is 38.9. The van der Waals surface area contributed by atoms with Gasteiger partial charge in [-0.3, -0.25) is 19.1 Å². The number of carbonyl (C=O) groups excluding carboxylic acids is 3. The molecule has 0 aliphatic rings. The lowest BCUT2D eigenvalue weighted by molar-refractivity contribution is -0.146. The predicted molar refractivity (Wildman–Crippen MR) is 153 cm³/mol. The quantitative estimate of drug-likeness (QED) is 0.213. The second kappa shape index (κ2) is 14.3. The number of benzene rings is 2. The molecule has 214 valence electrons. The average Bonchev–Trinajstić information content (AvgIpc) is 2.86. The number of nitriles is 1. The zero-order valence-corrected chi connectivity index (χ0v) is 24.3. The molecule has 0 radical (unpaired) electrons. The number of rotatable bonds is 13. The number of ketones is 1. The summed E-state index contributed by atoms with van der Waals surface area (Å²) in [5.74, 6) is -1.24. The molecular formula is C29H35N3O7S. The van der Waals surface area contributed by atoms with E-state index in [1.165, 1.54) is 37.3 Å². The molecule has 0 saturated heterocycles. The topological polar surface area (TPSA) is 143 Å². The molecule has 0 amide bonds. The largest absolute Gasteiger partial charge is 0.462 e. The Hall–Kier alpha value is -4.17. The van der Waals surface area contributed by atoms with Gasteiger partial charge in [0.05, 0.1) is 18.3 Å². The van der Waals surface area contributed by atoms with Crippen LogP contribution in [0.2, 0.25) is 0 Å². The van der Waals surface area contributed by atoms with E-state index in [4.69, 9.17) is 14.7 Å². The summed E-state index contributed by atoms with van der Waals surface area (Å²) in [5.41, 5.74) is 2.76. The third-order valence-corrected chi connectivity index (χ3v) is 7.04. The van der Waals surface area contributed by atoms with Crippen molar-refractivity contribution in [1.82, 2.24) is 0 Å². The molecule has 0 heterocycles. The summed E-state index contributed by atoms with van der Waals surface area (Å²) in [5, 5.41) is 7.62. The first-order valence-electron chi connectivity index (χ1n) is 12.7. The van der Waals surface area contributed by atoms with Crippen LogP contribution in [0.4, 0.5) is 11.4 Å². The van der Waals surface area contributed by atoms with E-state index in [-0.39, 0.29) is 36.8 Å². The second-order valence-corrected chi connectivity index (χ2v) is 11.7. The number of hydrogen-bond acceptors (Lipinski definition) is 9. The van der Waals surface area contributed by atoms with Gasteiger partial charge in [-0.2, -0.15) is 5.26 Å². The fraction of sp³-hybridized carbons (Fsp3) is 0.379. The van der Waals surface area contributed by atoms with Crippen LogP contribution in [-0.4, -0.2) is 56.7 Å². The minimum Gasteiger partial charge on any atom is -0.462 e. The number of esters is 2. The number of carbonyl (C=O) groups is 3. The molecule has 1 atom stereocenters. The van der Waals surface area contributed by atoms with Crippen molar-refractivity contribution in [2.24, 2.45) is 0 Å². The number of nitrogens with one attached hydrogen (secondary N) is 1. The minimum absolute atomic E-state index is 0.139. The van der Waals surface area contributed by atoms with Gasteiger partial charge in [-0.05, 0) is 95.1 Å². The molecule has 0 fully saturated rings. The Labute approximate surface area is 235 Å². The van der Waals surface area contributed by atoms with Crippen LogP contribution in [0.5, 0.6) is 0 Å². The van der Waals surface area contributed by atoms with E-state index in [0.717, 1.165) is 11.1 Å². The van der Waals surface area contributed by atoms with E-state index in [9.17, 15) is 22.8 Å². The highest BCUT2D eigenvalue weighted by Gasteiger charge is 2.21. The van der Waals surface area contributed by atoms with Gasteiger partial charge in [0, 0.05) is 16.9 Å². The molecule has 2 rings (SSSR count). The SMILES string of the molecule is Cc1cc(N(CC(=O)OC(C)C)CC(=O)OC(C)C)ccc1C=CC(=O)c1ccc(NS(=O)(=O)C(C)C#N)cc1. The van der Waals surface area contributed by atoms with Crippen molar-refractivity contribution in [2.75, 3.05) is 22.7 Å². The standard InChI is InChI=1S/C29H35N3O7S/c1-19(2)38-28(34)17-32(18-29(35)39-20(3)4)26-13-9-23(21(5)15-26)10-14-27(33)24-7-11-25(12-8-24)31-40(36,37)22(6)16-30/h7-15,19-20,22,31H,17-18H2,1-6H3. The van der Waals surface area contributed by atoms with Gasteiger partial charge in [0.1, 0.15) is 13.1 Å². The molecule has 1 unspecified atom stereocenters. The van der Waals surface area contributed by atoms with Crippen LogP contribution in [-0.2, 0) is 29.1 Å². The van der Waals surface area contributed by atoms with Crippen molar-refractivity contribution in [3.8, 4) is 6.07 Å². The fourth-order valence-electron chi connectivity index (χ4n) is 3.48. The molecule has 40 heavy (non-hydrogen) atoms. The normalized spacial score (nSPS) is 12.2. The highest BCUT2D eigenvalue weighted by Crippen LogP contribution is 2.21. The van der Waals surface area contributed by atoms with E-state index >= 15 is 0 Å². The highest BCUT2D eigenvalue weighted by atomic mass is 32.2. The average molecular weight is 570 g/mol. The Balaban J connectivity index is 2.18. The van der Waals surface area contributed by atoms with E-state index < -0.39 is 27.2 Å². The predicted octanol–water partition coefficient (Wildman–Crippen LogP) is 4.25. The van der Waals surface area contributed by atoms with E-state index in [1.807, 2.05) is 6.92 Å². The van der Waals surface area contributed by atoms with E-state index in [1.54, 1.807) is 62.9 Å². The lowest BCUT2D eigenvalue weighted by atomic mass is 10.0. The molecule has 2 aromatic rings. The number of aryl methyl sites for hydroxylation is 1. The molecule has 0 aromatic heterocycles. The zero-order valence-electron chi connectivity index (χ0n) is 23.5. The number of ether oxygens (including phenoxy) is 2. The van der Waals surface area contributed by atoms with E-state index in [0.29, 0.717) is 11.3 Å². The van der Waals surface area contributed by atoms with Gasteiger partial charge in [-0.25, -0.2) is 8.42 Å².